The average Bonchev–Trinajstić information content (AvgIpc) is 2.19. The van der Waals surface area contributed by atoms with Gasteiger partial charge in [0.25, 0.3) is 0 Å². The highest BCUT2D eigenvalue weighted by molar-refractivity contribution is 5.73. The summed E-state index contributed by atoms with van der Waals surface area (Å²) in [5.74, 6) is 0.145. The van der Waals surface area contributed by atoms with E-state index in [0.29, 0.717) is 5.75 Å². The van der Waals surface area contributed by atoms with Crippen LogP contribution in [0.2, 0.25) is 0 Å². The Morgan fingerprint density at radius 2 is 1.94 bits per heavy atom. The maximum atomic E-state index is 10.9. The molecule has 0 aliphatic carbocycles. The number of esters is 1. The molecule has 0 aromatic heterocycles. The van der Waals surface area contributed by atoms with Crippen LogP contribution < -0.4 is 10.1 Å². The lowest BCUT2D eigenvalue weighted by molar-refractivity contribution is -0.132. The van der Waals surface area contributed by atoms with E-state index in [-0.39, 0.29) is 17.9 Å². The number of hydrogen-bond acceptors (Lipinski definition) is 3. The molecule has 1 rings (SSSR count). The maximum absolute atomic E-state index is 10.9. The van der Waals surface area contributed by atoms with Gasteiger partial charge in [-0.3, -0.25) is 9.59 Å². The molecular weight excluding hydrogens is 218 g/mol. The van der Waals surface area contributed by atoms with Crippen molar-refractivity contribution in [3.8, 4) is 5.75 Å². The number of carbonyl (C=O) groups excluding carboxylic acids is 2. The molecule has 0 aliphatic rings. The molecule has 1 N–H and O–H groups in total. The first kappa shape index (κ1) is 13.2. The molecule has 0 radical (unpaired) electrons. The van der Waals surface area contributed by atoms with Gasteiger partial charge in [0.1, 0.15) is 5.75 Å². The van der Waals surface area contributed by atoms with E-state index in [2.05, 4.69) is 5.32 Å². The van der Waals surface area contributed by atoms with Crippen LogP contribution in [0.15, 0.2) is 18.2 Å². The van der Waals surface area contributed by atoms with Crippen LogP contribution in [0.4, 0.5) is 0 Å². The summed E-state index contributed by atoms with van der Waals surface area (Å²) in [4.78, 5) is 21.8. The summed E-state index contributed by atoms with van der Waals surface area (Å²) >= 11 is 0. The van der Waals surface area contributed by atoms with E-state index < -0.39 is 0 Å². The largest absolute Gasteiger partial charge is 0.426 e. The molecule has 1 aromatic rings. The predicted octanol–water partition coefficient (Wildman–Crippen LogP) is 2.12. The lowest BCUT2D eigenvalue weighted by Crippen LogP contribution is -2.23. The summed E-state index contributed by atoms with van der Waals surface area (Å²) in [5.41, 5.74) is 1.85. The molecule has 92 valence electrons. The van der Waals surface area contributed by atoms with Gasteiger partial charge in [-0.05, 0) is 31.0 Å². The summed E-state index contributed by atoms with van der Waals surface area (Å²) in [6.45, 7) is 6.62. The third kappa shape index (κ3) is 3.90. The van der Waals surface area contributed by atoms with Crippen LogP contribution in [0.5, 0.6) is 5.75 Å². The van der Waals surface area contributed by atoms with Crippen LogP contribution >= 0.6 is 0 Å². The van der Waals surface area contributed by atoms with Crippen molar-refractivity contribution in [2.45, 2.75) is 33.7 Å². The number of benzene rings is 1. The zero-order valence-corrected chi connectivity index (χ0v) is 10.5. The van der Waals surface area contributed by atoms with Crippen LogP contribution in [-0.4, -0.2) is 11.9 Å². The molecular formula is C13H17NO3. The van der Waals surface area contributed by atoms with Crippen molar-refractivity contribution in [3.63, 3.8) is 0 Å². The Kier molecular flexibility index (Phi) is 4.26. The van der Waals surface area contributed by atoms with Gasteiger partial charge in [0.15, 0.2) is 0 Å². The summed E-state index contributed by atoms with van der Waals surface area (Å²) in [7, 11) is 0. The van der Waals surface area contributed by atoms with Gasteiger partial charge in [-0.25, -0.2) is 0 Å². The smallest absolute Gasteiger partial charge is 0.308 e. The van der Waals surface area contributed by atoms with E-state index in [1.165, 1.54) is 13.8 Å². The fourth-order valence-corrected chi connectivity index (χ4v) is 1.60. The third-order valence-corrected chi connectivity index (χ3v) is 2.37. The van der Waals surface area contributed by atoms with Crippen molar-refractivity contribution < 1.29 is 14.3 Å². The van der Waals surface area contributed by atoms with Crippen LogP contribution in [0.25, 0.3) is 0 Å². The van der Waals surface area contributed by atoms with Gasteiger partial charge in [0, 0.05) is 13.8 Å². The van der Waals surface area contributed by atoms with E-state index in [1.807, 2.05) is 26.0 Å². The number of aryl methyl sites for hydroxylation is 1. The zero-order valence-electron chi connectivity index (χ0n) is 10.5. The van der Waals surface area contributed by atoms with E-state index in [9.17, 15) is 9.59 Å². The van der Waals surface area contributed by atoms with Crippen molar-refractivity contribution in [2.75, 3.05) is 0 Å². The second-order valence-corrected chi connectivity index (χ2v) is 4.04. The lowest BCUT2D eigenvalue weighted by atomic mass is 10.1. The van der Waals surface area contributed by atoms with E-state index in [1.54, 1.807) is 6.07 Å². The minimum absolute atomic E-state index is 0.0578. The number of carbonyl (C=O) groups is 2. The van der Waals surface area contributed by atoms with Gasteiger partial charge in [-0.15, -0.1) is 0 Å². The third-order valence-electron chi connectivity index (χ3n) is 2.37. The number of nitrogens with one attached hydrogen (secondary N) is 1. The molecule has 0 heterocycles. The summed E-state index contributed by atoms with van der Waals surface area (Å²) in [6, 6.07) is 5.42. The van der Waals surface area contributed by atoms with Crippen LogP contribution in [0.1, 0.15) is 37.9 Å². The fourth-order valence-electron chi connectivity index (χ4n) is 1.60. The van der Waals surface area contributed by atoms with Crippen LogP contribution in [0.3, 0.4) is 0 Å². The Hall–Kier alpha value is -1.84. The Bertz CT molecular complexity index is 440. The Labute approximate surface area is 101 Å². The van der Waals surface area contributed by atoms with Crippen molar-refractivity contribution in [3.05, 3.63) is 29.3 Å². The maximum Gasteiger partial charge on any atom is 0.308 e. The number of amides is 1. The molecule has 1 aromatic carbocycles. The molecule has 0 spiro atoms. The van der Waals surface area contributed by atoms with Crippen molar-refractivity contribution >= 4 is 11.9 Å². The first-order chi connectivity index (χ1) is 7.90. The molecule has 0 bridgehead atoms. The first-order valence-electron chi connectivity index (χ1n) is 5.46. The van der Waals surface area contributed by atoms with Crippen molar-refractivity contribution in [1.29, 1.82) is 0 Å². The molecule has 0 saturated heterocycles. The summed E-state index contributed by atoms with van der Waals surface area (Å²) < 4.78 is 5.03. The van der Waals surface area contributed by atoms with E-state index in [4.69, 9.17) is 4.74 Å². The zero-order chi connectivity index (χ0) is 13.0. The number of ether oxygens (including phenoxy) is 1. The molecule has 0 fully saturated rings. The topological polar surface area (TPSA) is 55.4 Å². The van der Waals surface area contributed by atoms with Crippen molar-refractivity contribution in [2.24, 2.45) is 0 Å². The Balaban J connectivity index is 2.88. The molecule has 4 heteroatoms. The normalized spacial score (nSPS) is 11.8. The Morgan fingerprint density at radius 1 is 1.29 bits per heavy atom. The van der Waals surface area contributed by atoms with Gasteiger partial charge in [-0.2, -0.15) is 0 Å². The highest BCUT2D eigenvalue weighted by Crippen LogP contribution is 2.22. The fraction of sp³-hybridized carbons (Fsp3) is 0.385. The Morgan fingerprint density at radius 3 is 2.41 bits per heavy atom. The molecule has 1 amide bonds. The first-order valence-corrected chi connectivity index (χ1v) is 5.46. The predicted molar refractivity (Wildman–Crippen MR) is 64.7 cm³/mol. The monoisotopic (exact) mass is 235 g/mol. The standard InChI is InChI=1S/C13H17NO3/c1-8-7-12(9(2)14-10(3)15)5-6-13(8)17-11(4)16/h5-7,9H,1-4H3,(H,14,15)/t9-/m1/s1. The van der Waals surface area contributed by atoms with Crippen LogP contribution in [0, 0.1) is 6.92 Å². The lowest BCUT2D eigenvalue weighted by Gasteiger charge is -2.14. The molecule has 0 aliphatic heterocycles. The minimum Gasteiger partial charge on any atom is -0.426 e. The number of rotatable bonds is 3. The van der Waals surface area contributed by atoms with Gasteiger partial charge < -0.3 is 10.1 Å². The minimum atomic E-state index is -0.337. The summed E-state index contributed by atoms with van der Waals surface area (Å²) in [5, 5.41) is 2.80. The second-order valence-electron chi connectivity index (χ2n) is 4.04. The molecule has 0 unspecified atom stereocenters. The molecule has 1 atom stereocenters. The van der Waals surface area contributed by atoms with Gasteiger partial charge in [0.05, 0.1) is 6.04 Å². The van der Waals surface area contributed by atoms with Crippen LogP contribution in [-0.2, 0) is 9.59 Å². The molecule has 0 saturated carbocycles. The van der Waals surface area contributed by atoms with E-state index >= 15 is 0 Å². The molecule has 17 heavy (non-hydrogen) atoms. The summed E-state index contributed by atoms with van der Waals surface area (Å²) in [6.07, 6.45) is 0. The average molecular weight is 235 g/mol. The second kappa shape index (κ2) is 5.48. The SMILES string of the molecule is CC(=O)N[C@H](C)c1ccc(OC(C)=O)c(C)c1. The van der Waals surface area contributed by atoms with E-state index in [0.717, 1.165) is 11.1 Å². The highest BCUT2D eigenvalue weighted by atomic mass is 16.5. The quantitative estimate of drug-likeness (QED) is 0.645. The molecule has 4 nitrogen and oxygen atoms in total. The van der Waals surface area contributed by atoms with Gasteiger partial charge >= 0.3 is 5.97 Å². The van der Waals surface area contributed by atoms with Gasteiger partial charge in [-0.1, -0.05) is 12.1 Å². The van der Waals surface area contributed by atoms with Crippen molar-refractivity contribution in [1.82, 2.24) is 5.32 Å². The number of hydrogen-bond donors (Lipinski definition) is 1. The van der Waals surface area contributed by atoms with Gasteiger partial charge in [0.2, 0.25) is 5.91 Å². The highest BCUT2D eigenvalue weighted by Gasteiger charge is 2.09.